The molecule has 1 aliphatic rings. The van der Waals surface area contributed by atoms with Crippen molar-refractivity contribution in [2.45, 2.75) is 55.5 Å². The Kier molecular flexibility index (Phi) is 6.91. The van der Waals surface area contributed by atoms with Crippen LogP contribution in [0, 0.1) is 11.3 Å². The first-order chi connectivity index (χ1) is 15.6. The maximum Gasteiger partial charge on any atom is 0.262 e. The molecule has 164 valence electrons. The molecule has 2 aromatic carbocycles. The number of hydrogen-bond acceptors (Lipinski definition) is 5. The fraction of sp³-hybridized carbons (Fsp3) is 0.360. The first kappa shape index (κ1) is 22.1. The number of carbonyl (C=O) groups is 1. The zero-order valence-electron chi connectivity index (χ0n) is 18.1. The van der Waals surface area contributed by atoms with E-state index in [4.69, 9.17) is 10.2 Å². The van der Waals surface area contributed by atoms with Gasteiger partial charge >= 0.3 is 0 Å². The molecule has 1 amide bonds. The number of thioether (sulfide) groups is 1. The van der Waals surface area contributed by atoms with E-state index in [0.717, 1.165) is 31.4 Å². The quantitative estimate of drug-likeness (QED) is 0.379. The highest BCUT2D eigenvalue weighted by atomic mass is 32.2. The smallest absolute Gasteiger partial charge is 0.262 e. The summed E-state index contributed by atoms with van der Waals surface area (Å²) in [6.07, 6.45) is 4.35. The van der Waals surface area contributed by atoms with Crippen LogP contribution in [0.25, 0.3) is 10.9 Å². The van der Waals surface area contributed by atoms with Crippen LogP contribution in [-0.4, -0.2) is 27.3 Å². The number of hydrogen-bond donors (Lipinski definition) is 0. The van der Waals surface area contributed by atoms with Crippen molar-refractivity contribution in [2.24, 2.45) is 0 Å². The third-order valence-electron chi connectivity index (χ3n) is 5.88. The molecule has 0 bridgehead atoms. The average Bonchev–Trinajstić information content (AvgIpc) is 3.34. The molecule has 3 aromatic rings. The molecule has 7 heteroatoms. The number of fused-ring (bicyclic) bond motifs is 1. The normalized spacial score (nSPS) is 14.9. The summed E-state index contributed by atoms with van der Waals surface area (Å²) >= 11 is 1.33. The molecule has 1 aliphatic carbocycles. The van der Waals surface area contributed by atoms with Crippen LogP contribution in [-0.2, 0) is 4.79 Å². The summed E-state index contributed by atoms with van der Waals surface area (Å²) in [4.78, 5) is 33.2. The first-order valence-electron chi connectivity index (χ1n) is 11.0. The van der Waals surface area contributed by atoms with E-state index in [-0.39, 0.29) is 23.9 Å². The second-order valence-corrected chi connectivity index (χ2v) is 9.33. The van der Waals surface area contributed by atoms with Crippen molar-refractivity contribution in [2.75, 3.05) is 11.4 Å². The van der Waals surface area contributed by atoms with Gasteiger partial charge in [0.1, 0.15) is 0 Å². The highest BCUT2D eigenvalue weighted by Crippen LogP contribution is 2.34. The molecule has 0 radical (unpaired) electrons. The van der Waals surface area contributed by atoms with Gasteiger partial charge in [0.2, 0.25) is 5.91 Å². The molecular formula is C25H26N4O2S. The Hall–Kier alpha value is -3.11. The minimum Gasteiger partial charge on any atom is -0.310 e. The van der Waals surface area contributed by atoms with Gasteiger partial charge in [-0.1, -0.05) is 54.9 Å². The van der Waals surface area contributed by atoms with Gasteiger partial charge in [-0.05, 0) is 44.0 Å². The lowest BCUT2D eigenvalue weighted by Crippen LogP contribution is -2.38. The Morgan fingerprint density at radius 2 is 1.88 bits per heavy atom. The number of rotatable bonds is 7. The van der Waals surface area contributed by atoms with Crippen LogP contribution >= 0.6 is 11.8 Å². The molecule has 1 aromatic heterocycles. The topological polar surface area (TPSA) is 79.0 Å². The molecule has 1 fully saturated rings. The number of benzene rings is 2. The summed E-state index contributed by atoms with van der Waals surface area (Å²) in [5.74, 6) is -0.100. The van der Waals surface area contributed by atoms with Crippen LogP contribution in [0.4, 0.5) is 5.69 Å². The molecule has 0 aliphatic heterocycles. The SMILES string of the molecule is CC(Sc1nc2ccccc2c(=O)n1C1CCCC1)C(=O)N(CCC#N)c1ccccc1. The van der Waals surface area contributed by atoms with Crippen molar-refractivity contribution in [1.29, 1.82) is 5.26 Å². The number of para-hydroxylation sites is 2. The summed E-state index contributed by atoms with van der Waals surface area (Å²) < 4.78 is 1.81. The van der Waals surface area contributed by atoms with E-state index >= 15 is 0 Å². The minimum absolute atomic E-state index is 0.0333. The summed E-state index contributed by atoms with van der Waals surface area (Å²) in [6, 6.07) is 19.0. The van der Waals surface area contributed by atoms with Gasteiger partial charge in [-0.25, -0.2) is 4.98 Å². The second-order valence-electron chi connectivity index (χ2n) is 8.02. The Balaban J connectivity index is 1.68. The Morgan fingerprint density at radius 1 is 1.19 bits per heavy atom. The number of nitrogens with zero attached hydrogens (tertiary/aromatic N) is 4. The fourth-order valence-corrected chi connectivity index (χ4v) is 5.30. The highest BCUT2D eigenvalue weighted by molar-refractivity contribution is 8.00. The number of carbonyl (C=O) groups excluding carboxylic acids is 1. The van der Waals surface area contributed by atoms with Gasteiger partial charge in [-0.3, -0.25) is 14.2 Å². The van der Waals surface area contributed by atoms with E-state index < -0.39 is 5.25 Å². The molecule has 4 rings (SSSR count). The average molecular weight is 447 g/mol. The summed E-state index contributed by atoms with van der Waals surface area (Å²) in [5.41, 5.74) is 1.38. The van der Waals surface area contributed by atoms with Crippen LogP contribution in [0.1, 0.15) is 45.1 Å². The lowest BCUT2D eigenvalue weighted by molar-refractivity contribution is -0.117. The predicted octanol–water partition coefficient (Wildman–Crippen LogP) is 4.94. The maximum atomic E-state index is 13.4. The zero-order chi connectivity index (χ0) is 22.5. The van der Waals surface area contributed by atoms with Gasteiger partial charge < -0.3 is 4.90 Å². The van der Waals surface area contributed by atoms with Crippen molar-refractivity contribution in [3.63, 3.8) is 0 Å². The van der Waals surface area contributed by atoms with Crippen LogP contribution < -0.4 is 10.5 Å². The molecule has 1 atom stereocenters. The van der Waals surface area contributed by atoms with E-state index in [0.29, 0.717) is 22.6 Å². The molecule has 0 N–H and O–H groups in total. The van der Waals surface area contributed by atoms with Gasteiger partial charge in [-0.2, -0.15) is 5.26 Å². The molecule has 0 spiro atoms. The molecule has 0 saturated heterocycles. The summed E-state index contributed by atoms with van der Waals surface area (Å²) in [5, 5.41) is 9.81. The Morgan fingerprint density at radius 3 is 2.59 bits per heavy atom. The van der Waals surface area contributed by atoms with Gasteiger partial charge in [0.15, 0.2) is 5.16 Å². The maximum absolute atomic E-state index is 13.4. The minimum atomic E-state index is -0.463. The van der Waals surface area contributed by atoms with E-state index in [2.05, 4.69) is 6.07 Å². The Labute approximate surface area is 191 Å². The van der Waals surface area contributed by atoms with Gasteiger partial charge in [0, 0.05) is 18.3 Å². The van der Waals surface area contributed by atoms with E-state index in [9.17, 15) is 9.59 Å². The third kappa shape index (κ3) is 4.56. The fourth-order valence-electron chi connectivity index (χ4n) is 4.26. The van der Waals surface area contributed by atoms with E-state index in [1.807, 2.05) is 66.1 Å². The van der Waals surface area contributed by atoms with E-state index in [1.165, 1.54) is 11.8 Å². The third-order valence-corrected chi connectivity index (χ3v) is 6.93. The van der Waals surface area contributed by atoms with Gasteiger partial charge in [-0.15, -0.1) is 0 Å². The summed E-state index contributed by atoms with van der Waals surface area (Å²) in [6.45, 7) is 2.17. The molecule has 1 heterocycles. The summed E-state index contributed by atoms with van der Waals surface area (Å²) in [7, 11) is 0. The van der Waals surface area contributed by atoms with Gasteiger partial charge in [0.05, 0.1) is 28.6 Å². The van der Waals surface area contributed by atoms with Crippen molar-refractivity contribution in [1.82, 2.24) is 9.55 Å². The number of aromatic nitrogens is 2. The second kappa shape index (κ2) is 10.0. The standard InChI is InChI=1S/C25H26N4O2S/c1-18(23(30)28(17-9-16-26)19-10-3-2-4-11-19)32-25-27-22-15-8-7-14-21(22)24(31)29(25)20-12-5-6-13-20/h2-4,7-8,10-11,14-15,18,20H,5-6,9,12-13,17H2,1H3. The number of anilines is 1. The number of amides is 1. The lowest BCUT2D eigenvalue weighted by atomic mass is 10.2. The van der Waals surface area contributed by atoms with Crippen LogP contribution in [0.2, 0.25) is 0 Å². The van der Waals surface area contributed by atoms with Crippen molar-refractivity contribution in [3.05, 3.63) is 65.0 Å². The molecular weight excluding hydrogens is 420 g/mol. The molecule has 1 unspecified atom stereocenters. The largest absolute Gasteiger partial charge is 0.310 e. The molecule has 1 saturated carbocycles. The lowest BCUT2D eigenvalue weighted by Gasteiger charge is -2.26. The number of nitriles is 1. The van der Waals surface area contributed by atoms with Crippen molar-refractivity contribution >= 4 is 34.3 Å². The van der Waals surface area contributed by atoms with Crippen LogP contribution in [0.5, 0.6) is 0 Å². The van der Waals surface area contributed by atoms with Crippen LogP contribution in [0.15, 0.2) is 64.5 Å². The van der Waals surface area contributed by atoms with E-state index in [1.54, 1.807) is 4.90 Å². The predicted molar refractivity (Wildman–Crippen MR) is 128 cm³/mol. The van der Waals surface area contributed by atoms with Gasteiger partial charge in [0.25, 0.3) is 5.56 Å². The molecule has 32 heavy (non-hydrogen) atoms. The monoisotopic (exact) mass is 446 g/mol. The van der Waals surface area contributed by atoms with Crippen molar-refractivity contribution < 1.29 is 4.79 Å². The zero-order valence-corrected chi connectivity index (χ0v) is 18.9. The first-order valence-corrected chi connectivity index (χ1v) is 11.9. The van der Waals surface area contributed by atoms with Crippen LogP contribution in [0.3, 0.4) is 0 Å². The van der Waals surface area contributed by atoms with Crippen molar-refractivity contribution in [3.8, 4) is 6.07 Å². The highest BCUT2D eigenvalue weighted by Gasteiger charge is 2.28. The molecule has 6 nitrogen and oxygen atoms in total. The Bertz CT molecular complexity index is 1200.